The molecule has 1 amide bonds. The van der Waals surface area contributed by atoms with Gasteiger partial charge < -0.3 is 9.84 Å². The van der Waals surface area contributed by atoms with Crippen molar-refractivity contribution < 1.29 is 9.32 Å². The molecule has 0 saturated carbocycles. The molecule has 124 valence electrons. The van der Waals surface area contributed by atoms with Crippen molar-refractivity contribution in [2.45, 2.75) is 33.2 Å². The third-order valence-electron chi connectivity index (χ3n) is 3.78. The molecule has 0 aliphatic rings. The van der Waals surface area contributed by atoms with E-state index >= 15 is 0 Å². The molecule has 0 unspecified atom stereocenters. The third-order valence-corrected chi connectivity index (χ3v) is 3.78. The van der Waals surface area contributed by atoms with Crippen molar-refractivity contribution in [3.8, 4) is 0 Å². The average molecular weight is 326 g/mol. The second-order valence-electron chi connectivity index (χ2n) is 5.53. The van der Waals surface area contributed by atoms with Gasteiger partial charge in [-0.15, -0.1) is 5.10 Å². The average Bonchev–Trinajstić information content (AvgIpc) is 3.15. The van der Waals surface area contributed by atoms with Crippen LogP contribution in [0.1, 0.15) is 35.8 Å². The summed E-state index contributed by atoms with van der Waals surface area (Å²) in [5.41, 5.74) is 1.67. The van der Waals surface area contributed by atoms with Crippen LogP contribution in [0, 0.1) is 13.8 Å². The number of nitrogens with zero attached hydrogens (tertiary/aromatic N) is 5. The topological polar surface area (TPSA) is 98.7 Å². The van der Waals surface area contributed by atoms with E-state index in [1.54, 1.807) is 11.6 Å². The van der Waals surface area contributed by atoms with E-state index in [2.05, 4.69) is 25.8 Å². The lowest BCUT2D eigenvalue weighted by Gasteiger charge is -2.11. The van der Waals surface area contributed by atoms with Gasteiger partial charge >= 0.3 is 0 Å². The van der Waals surface area contributed by atoms with Gasteiger partial charge in [-0.25, -0.2) is 4.68 Å². The summed E-state index contributed by atoms with van der Waals surface area (Å²) >= 11 is 0. The molecular weight excluding hydrogens is 308 g/mol. The highest BCUT2D eigenvalue weighted by Gasteiger charge is 2.19. The number of aryl methyl sites for hydroxylation is 1. The number of nitrogens with one attached hydrogen (secondary N) is 1. The van der Waals surface area contributed by atoms with Crippen LogP contribution in [-0.4, -0.2) is 31.0 Å². The highest BCUT2D eigenvalue weighted by atomic mass is 16.5. The van der Waals surface area contributed by atoms with Gasteiger partial charge in [0.25, 0.3) is 0 Å². The third kappa shape index (κ3) is 3.32. The van der Waals surface area contributed by atoms with Crippen LogP contribution in [0.15, 0.2) is 34.9 Å². The van der Waals surface area contributed by atoms with Crippen molar-refractivity contribution in [1.29, 1.82) is 0 Å². The maximum absolute atomic E-state index is 12.4. The zero-order chi connectivity index (χ0) is 17.1. The number of hydrogen-bond acceptors (Lipinski definition) is 6. The van der Waals surface area contributed by atoms with E-state index in [4.69, 9.17) is 4.52 Å². The molecule has 0 saturated heterocycles. The van der Waals surface area contributed by atoms with Crippen LogP contribution in [-0.2, 0) is 11.3 Å². The highest BCUT2D eigenvalue weighted by molar-refractivity contribution is 5.95. The smallest absolute Gasteiger partial charge is 0.232 e. The Morgan fingerprint density at radius 2 is 2.04 bits per heavy atom. The van der Waals surface area contributed by atoms with E-state index in [1.165, 1.54) is 0 Å². The molecule has 0 fully saturated rings. The Hall–Kier alpha value is -3.03. The summed E-state index contributed by atoms with van der Waals surface area (Å²) in [6.45, 7) is 5.74. The van der Waals surface area contributed by atoms with Crippen molar-refractivity contribution >= 4 is 11.7 Å². The predicted molar refractivity (Wildman–Crippen MR) is 86.4 cm³/mol. The Morgan fingerprint density at radius 3 is 2.71 bits per heavy atom. The van der Waals surface area contributed by atoms with Gasteiger partial charge in [0.05, 0.1) is 11.6 Å². The Morgan fingerprint density at radius 1 is 1.29 bits per heavy atom. The molecule has 1 atom stereocenters. The van der Waals surface area contributed by atoms with E-state index in [1.807, 2.05) is 44.2 Å². The first-order chi connectivity index (χ1) is 11.5. The van der Waals surface area contributed by atoms with Crippen LogP contribution >= 0.6 is 0 Å². The van der Waals surface area contributed by atoms with Crippen LogP contribution in [0.2, 0.25) is 0 Å². The Kier molecular flexibility index (Phi) is 4.37. The van der Waals surface area contributed by atoms with E-state index < -0.39 is 0 Å². The SMILES string of the molecule is Cc1nc(Cn2nnc(NC(=O)[C@H](C)c3ccccc3)c2C)no1. The number of anilines is 1. The van der Waals surface area contributed by atoms with Gasteiger partial charge in [0.15, 0.2) is 11.6 Å². The quantitative estimate of drug-likeness (QED) is 0.770. The number of carbonyl (C=O) groups excluding carboxylic acids is 1. The van der Waals surface area contributed by atoms with Crippen molar-refractivity contribution in [3.05, 3.63) is 53.3 Å². The van der Waals surface area contributed by atoms with Gasteiger partial charge in [0.2, 0.25) is 11.8 Å². The summed E-state index contributed by atoms with van der Waals surface area (Å²) in [7, 11) is 0. The number of rotatable bonds is 5. The fourth-order valence-electron chi connectivity index (χ4n) is 2.28. The fourth-order valence-corrected chi connectivity index (χ4v) is 2.28. The van der Waals surface area contributed by atoms with E-state index in [0.717, 1.165) is 11.3 Å². The predicted octanol–water partition coefficient (Wildman–Crippen LogP) is 2.07. The summed E-state index contributed by atoms with van der Waals surface area (Å²) in [6.07, 6.45) is 0. The minimum absolute atomic E-state index is 0.133. The van der Waals surface area contributed by atoms with Crippen molar-refractivity contribution in [3.63, 3.8) is 0 Å². The number of carbonyl (C=O) groups is 1. The first kappa shape index (κ1) is 15.9. The van der Waals surface area contributed by atoms with Gasteiger partial charge in [-0.2, -0.15) is 4.98 Å². The summed E-state index contributed by atoms with van der Waals surface area (Å²) in [5.74, 6) is 1.02. The first-order valence-corrected chi connectivity index (χ1v) is 7.59. The molecular formula is C16H18N6O2. The Bertz CT molecular complexity index is 839. The van der Waals surface area contributed by atoms with Crippen LogP contribution in [0.4, 0.5) is 5.82 Å². The number of hydrogen-bond donors (Lipinski definition) is 1. The normalized spacial score (nSPS) is 12.1. The van der Waals surface area contributed by atoms with Gasteiger partial charge in [-0.3, -0.25) is 4.79 Å². The molecule has 1 N–H and O–H groups in total. The molecule has 0 aliphatic carbocycles. The molecule has 0 bridgehead atoms. The van der Waals surface area contributed by atoms with Gasteiger partial charge in [0, 0.05) is 6.92 Å². The highest BCUT2D eigenvalue weighted by Crippen LogP contribution is 2.18. The molecule has 2 heterocycles. The Labute approximate surface area is 138 Å². The molecule has 2 aromatic heterocycles. The molecule has 0 aliphatic heterocycles. The van der Waals surface area contributed by atoms with Crippen molar-refractivity contribution in [2.24, 2.45) is 0 Å². The summed E-state index contributed by atoms with van der Waals surface area (Å²) in [4.78, 5) is 16.5. The molecule has 0 radical (unpaired) electrons. The second kappa shape index (κ2) is 6.61. The fraction of sp³-hybridized carbons (Fsp3) is 0.312. The minimum atomic E-state index is -0.282. The molecule has 8 heteroatoms. The molecule has 3 rings (SSSR count). The van der Waals surface area contributed by atoms with E-state index in [-0.39, 0.29) is 11.8 Å². The van der Waals surface area contributed by atoms with Crippen molar-refractivity contribution in [1.82, 2.24) is 25.1 Å². The zero-order valence-electron chi connectivity index (χ0n) is 13.7. The lowest BCUT2D eigenvalue weighted by molar-refractivity contribution is -0.117. The largest absolute Gasteiger partial charge is 0.340 e. The minimum Gasteiger partial charge on any atom is -0.340 e. The van der Waals surface area contributed by atoms with Gasteiger partial charge in [-0.05, 0) is 19.4 Å². The van der Waals surface area contributed by atoms with Gasteiger partial charge in [-0.1, -0.05) is 40.7 Å². The maximum atomic E-state index is 12.4. The molecule has 24 heavy (non-hydrogen) atoms. The number of amides is 1. The molecule has 1 aromatic carbocycles. The summed E-state index contributed by atoms with van der Waals surface area (Å²) < 4.78 is 6.55. The van der Waals surface area contributed by atoms with Crippen LogP contribution in [0.3, 0.4) is 0 Å². The summed E-state index contributed by atoms with van der Waals surface area (Å²) in [6, 6.07) is 9.59. The monoisotopic (exact) mass is 326 g/mol. The van der Waals surface area contributed by atoms with Crippen LogP contribution in [0.5, 0.6) is 0 Å². The van der Waals surface area contributed by atoms with Crippen LogP contribution in [0.25, 0.3) is 0 Å². The first-order valence-electron chi connectivity index (χ1n) is 7.59. The molecule has 0 spiro atoms. The molecule has 8 nitrogen and oxygen atoms in total. The molecule has 3 aromatic rings. The van der Waals surface area contributed by atoms with Crippen LogP contribution < -0.4 is 5.32 Å². The van der Waals surface area contributed by atoms with Crippen molar-refractivity contribution in [2.75, 3.05) is 5.32 Å². The van der Waals surface area contributed by atoms with Gasteiger partial charge in [0.1, 0.15) is 6.54 Å². The maximum Gasteiger partial charge on any atom is 0.232 e. The number of aromatic nitrogens is 5. The second-order valence-corrected chi connectivity index (χ2v) is 5.53. The van der Waals surface area contributed by atoms with E-state index in [0.29, 0.717) is 24.1 Å². The standard InChI is InChI=1S/C16H18N6O2/c1-10(13-7-5-4-6-8-13)16(23)18-15-11(2)22(21-19-15)9-14-17-12(3)24-20-14/h4-8,10H,9H2,1-3H3,(H,18,23)/t10-/m1/s1. The Balaban J connectivity index is 1.70. The zero-order valence-corrected chi connectivity index (χ0v) is 13.7. The number of benzene rings is 1. The lowest BCUT2D eigenvalue weighted by Crippen LogP contribution is -2.19. The summed E-state index contributed by atoms with van der Waals surface area (Å²) in [5, 5.41) is 14.7. The lowest BCUT2D eigenvalue weighted by atomic mass is 10.0. The van der Waals surface area contributed by atoms with E-state index in [9.17, 15) is 4.79 Å².